The molecule has 1 saturated heterocycles. The lowest BCUT2D eigenvalue weighted by atomic mass is 9.81. The third-order valence-corrected chi connectivity index (χ3v) is 6.14. The number of hydrogen-bond acceptors (Lipinski definition) is 6. The third kappa shape index (κ3) is 3.90. The molecule has 2 aliphatic rings. The Morgan fingerprint density at radius 3 is 2.27 bits per heavy atom. The first-order chi connectivity index (χ1) is 14.3. The van der Waals surface area contributed by atoms with Crippen LogP contribution in [-0.4, -0.2) is 45.8 Å². The van der Waals surface area contributed by atoms with Gasteiger partial charge in [-0.2, -0.15) is 0 Å². The van der Waals surface area contributed by atoms with E-state index >= 15 is 0 Å². The molecule has 2 heterocycles. The number of aromatic nitrogens is 2. The molecule has 10 heteroatoms. The molecule has 0 unspecified atom stereocenters. The van der Waals surface area contributed by atoms with Gasteiger partial charge in [0.2, 0.25) is 17.7 Å². The molecular formula is C20H29N5O5. The predicted octanol–water partition coefficient (Wildman–Crippen LogP) is 0.447. The van der Waals surface area contributed by atoms with Gasteiger partial charge in [-0.1, -0.05) is 26.2 Å². The van der Waals surface area contributed by atoms with Crippen LogP contribution in [0.5, 0.6) is 0 Å². The van der Waals surface area contributed by atoms with Crippen molar-refractivity contribution in [2.45, 2.75) is 58.4 Å². The molecular weight excluding hydrogens is 390 g/mol. The lowest BCUT2D eigenvalue weighted by molar-refractivity contribution is -0.140. The molecule has 164 valence electrons. The maximum atomic E-state index is 12.7. The average Bonchev–Trinajstić information content (AvgIpc) is 2.96. The fraction of sp³-hybridized carbons (Fsp3) is 0.650. The van der Waals surface area contributed by atoms with Crippen LogP contribution < -0.4 is 21.9 Å². The first-order valence-electron chi connectivity index (χ1n) is 10.5. The fourth-order valence-electron chi connectivity index (χ4n) is 4.39. The second-order valence-electron chi connectivity index (χ2n) is 8.03. The van der Waals surface area contributed by atoms with Gasteiger partial charge in [-0.05, 0) is 19.3 Å². The van der Waals surface area contributed by atoms with Crippen molar-refractivity contribution in [3.05, 3.63) is 20.8 Å². The zero-order chi connectivity index (χ0) is 22.0. The molecule has 0 bridgehead atoms. The van der Waals surface area contributed by atoms with Crippen LogP contribution in [0.15, 0.2) is 9.59 Å². The summed E-state index contributed by atoms with van der Waals surface area (Å²) in [4.78, 5) is 66.7. The minimum Gasteiger partial charge on any atom is -0.383 e. The van der Waals surface area contributed by atoms with Crippen LogP contribution in [0.1, 0.15) is 51.9 Å². The number of likely N-dealkylation sites (tertiary alicyclic amines) is 1. The maximum absolute atomic E-state index is 12.7. The molecule has 0 radical (unpaired) electrons. The van der Waals surface area contributed by atoms with Gasteiger partial charge in [-0.15, -0.1) is 0 Å². The summed E-state index contributed by atoms with van der Waals surface area (Å²) >= 11 is 0. The van der Waals surface area contributed by atoms with E-state index in [-0.39, 0.29) is 48.1 Å². The summed E-state index contributed by atoms with van der Waals surface area (Å²) in [5.41, 5.74) is 4.56. The highest BCUT2D eigenvalue weighted by molar-refractivity contribution is 6.05. The molecule has 3 rings (SSSR count). The van der Waals surface area contributed by atoms with Crippen molar-refractivity contribution < 1.29 is 14.4 Å². The number of nitrogens with zero attached hydrogens (tertiary/aromatic N) is 3. The SMILES string of the molecule is CCCCn1c(N)c(N(C)C(=O)CCN2C(=O)[C@H]3CCCC[C@H]3C2=O)c(=O)[nH]c1=O. The van der Waals surface area contributed by atoms with Gasteiger partial charge >= 0.3 is 5.69 Å². The Morgan fingerprint density at radius 2 is 1.70 bits per heavy atom. The number of nitrogen functional groups attached to an aromatic ring is 1. The number of aromatic amines is 1. The first-order valence-corrected chi connectivity index (χ1v) is 10.5. The Balaban J connectivity index is 1.73. The Bertz CT molecular complexity index is 941. The van der Waals surface area contributed by atoms with Crippen LogP contribution in [0.3, 0.4) is 0 Å². The summed E-state index contributed by atoms with van der Waals surface area (Å²) in [6.45, 7) is 2.26. The molecule has 30 heavy (non-hydrogen) atoms. The van der Waals surface area contributed by atoms with E-state index in [0.717, 1.165) is 24.2 Å². The van der Waals surface area contributed by atoms with Gasteiger partial charge in [0.05, 0.1) is 11.8 Å². The quantitative estimate of drug-likeness (QED) is 0.615. The number of amides is 3. The lowest BCUT2D eigenvalue weighted by Crippen LogP contribution is -2.41. The smallest absolute Gasteiger partial charge is 0.330 e. The van der Waals surface area contributed by atoms with Gasteiger partial charge in [0, 0.05) is 26.6 Å². The highest BCUT2D eigenvalue weighted by Crippen LogP contribution is 2.38. The van der Waals surface area contributed by atoms with Gasteiger partial charge in [0.15, 0.2) is 5.69 Å². The zero-order valence-corrected chi connectivity index (χ0v) is 17.5. The molecule has 1 aliphatic heterocycles. The molecule has 2 atom stereocenters. The average molecular weight is 419 g/mol. The minimum atomic E-state index is -0.750. The Labute approximate surface area is 174 Å². The topological polar surface area (TPSA) is 139 Å². The van der Waals surface area contributed by atoms with E-state index in [4.69, 9.17) is 5.73 Å². The van der Waals surface area contributed by atoms with Crippen LogP contribution in [0, 0.1) is 11.8 Å². The predicted molar refractivity (Wildman–Crippen MR) is 111 cm³/mol. The van der Waals surface area contributed by atoms with Crippen molar-refractivity contribution in [2.24, 2.45) is 11.8 Å². The number of nitrogens with two attached hydrogens (primary N) is 1. The monoisotopic (exact) mass is 419 g/mol. The van der Waals surface area contributed by atoms with E-state index in [9.17, 15) is 24.0 Å². The van der Waals surface area contributed by atoms with Crippen LogP contribution in [0.25, 0.3) is 0 Å². The molecule has 0 spiro atoms. The van der Waals surface area contributed by atoms with Crippen molar-refractivity contribution >= 4 is 29.2 Å². The standard InChI is InChI=1S/C20H29N5O5/c1-3-4-10-24-16(21)15(17(27)22-20(24)30)23(2)14(26)9-11-25-18(28)12-7-5-6-8-13(12)19(25)29/h12-13H,3-11,21H2,1-2H3,(H,22,27,30)/t12-,13+. The number of carbonyl (C=O) groups is 3. The highest BCUT2D eigenvalue weighted by atomic mass is 16.2. The first kappa shape index (κ1) is 21.8. The summed E-state index contributed by atoms with van der Waals surface area (Å²) < 4.78 is 1.24. The summed E-state index contributed by atoms with van der Waals surface area (Å²) in [5.74, 6) is -1.48. The minimum absolute atomic E-state index is 0.0267. The van der Waals surface area contributed by atoms with Crippen LogP contribution in [0.4, 0.5) is 11.5 Å². The van der Waals surface area contributed by atoms with E-state index in [1.807, 2.05) is 6.92 Å². The van der Waals surface area contributed by atoms with Crippen molar-refractivity contribution in [3.8, 4) is 0 Å². The van der Waals surface area contributed by atoms with Crippen molar-refractivity contribution in [1.29, 1.82) is 0 Å². The van der Waals surface area contributed by atoms with Gasteiger partial charge in [-0.25, -0.2) is 4.79 Å². The summed E-state index contributed by atoms with van der Waals surface area (Å²) in [5, 5.41) is 0. The van der Waals surface area contributed by atoms with E-state index in [1.54, 1.807) is 0 Å². The Morgan fingerprint density at radius 1 is 1.10 bits per heavy atom. The number of anilines is 2. The zero-order valence-electron chi connectivity index (χ0n) is 17.5. The molecule has 2 fully saturated rings. The second kappa shape index (κ2) is 8.85. The molecule has 10 nitrogen and oxygen atoms in total. The molecule has 3 amide bonds. The highest BCUT2D eigenvalue weighted by Gasteiger charge is 2.47. The number of imide groups is 1. The van der Waals surface area contributed by atoms with Gasteiger partial charge in [-0.3, -0.25) is 33.6 Å². The Kier molecular flexibility index (Phi) is 6.42. The maximum Gasteiger partial charge on any atom is 0.330 e. The number of unbranched alkanes of at least 4 members (excludes halogenated alkanes) is 1. The number of carbonyl (C=O) groups excluding carboxylic acids is 3. The van der Waals surface area contributed by atoms with Gasteiger partial charge < -0.3 is 10.6 Å². The third-order valence-electron chi connectivity index (χ3n) is 6.14. The fourth-order valence-corrected chi connectivity index (χ4v) is 4.39. The van der Waals surface area contributed by atoms with Crippen molar-refractivity contribution in [3.63, 3.8) is 0 Å². The van der Waals surface area contributed by atoms with Gasteiger partial charge in [0.25, 0.3) is 5.56 Å². The number of nitrogens with one attached hydrogen (secondary N) is 1. The van der Waals surface area contributed by atoms with Crippen molar-refractivity contribution in [2.75, 3.05) is 24.2 Å². The lowest BCUT2D eigenvalue weighted by Gasteiger charge is -2.21. The van der Waals surface area contributed by atoms with E-state index in [2.05, 4.69) is 4.98 Å². The summed E-state index contributed by atoms with van der Waals surface area (Å²) in [6, 6.07) is 0. The van der Waals surface area contributed by atoms with Crippen LogP contribution >= 0.6 is 0 Å². The van der Waals surface area contributed by atoms with E-state index in [1.165, 1.54) is 16.5 Å². The molecule has 0 aromatic carbocycles. The summed E-state index contributed by atoms with van der Waals surface area (Å²) in [7, 11) is 1.39. The summed E-state index contributed by atoms with van der Waals surface area (Å²) in [6.07, 6.45) is 4.69. The molecule has 1 aromatic rings. The second-order valence-corrected chi connectivity index (χ2v) is 8.03. The number of H-pyrrole nitrogens is 1. The number of rotatable bonds is 7. The van der Waals surface area contributed by atoms with Crippen LogP contribution in [0.2, 0.25) is 0 Å². The molecule has 1 aliphatic carbocycles. The Hall–Kier alpha value is -2.91. The normalized spacial score (nSPS) is 21.1. The van der Waals surface area contributed by atoms with Gasteiger partial charge in [0.1, 0.15) is 5.82 Å². The molecule has 3 N–H and O–H groups in total. The van der Waals surface area contributed by atoms with E-state index in [0.29, 0.717) is 25.8 Å². The molecule has 1 aromatic heterocycles. The van der Waals surface area contributed by atoms with E-state index < -0.39 is 17.2 Å². The van der Waals surface area contributed by atoms with Crippen LogP contribution in [-0.2, 0) is 20.9 Å². The van der Waals surface area contributed by atoms with Crippen molar-refractivity contribution in [1.82, 2.24) is 14.5 Å². The number of fused-ring (bicyclic) bond motifs is 1. The largest absolute Gasteiger partial charge is 0.383 e. The molecule has 1 saturated carbocycles. The number of hydrogen-bond donors (Lipinski definition) is 2.